The molecule has 0 saturated heterocycles. The van der Waals surface area contributed by atoms with Gasteiger partial charge in [0, 0.05) is 46.0 Å². The van der Waals surface area contributed by atoms with Gasteiger partial charge >= 0.3 is 0 Å². The van der Waals surface area contributed by atoms with Gasteiger partial charge in [-0.2, -0.15) is 0 Å². The van der Waals surface area contributed by atoms with Crippen LogP contribution in [-0.4, -0.2) is 36.3 Å². The standard InChI is InChI=1S/2C3H9O2P.Zn/c2*1-3-6(4)5-2;/h2*4H,3H2,1-2H3;. The SMILES string of the molecule is CCP(O)OC.CCP(O)OC.[Zn]. The van der Waals surface area contributed by atoms with Crippen LogP contribution in [0.2, 0.25) is 0 Å². The summed E-state index contributed by atoms with van der Waals surface area (Å²) in [5.41, 5.74) is 0. The van der Waals surface area contributed by atoms with Crippen LogP contribution >= 0.6 is 16.8 Å². The third kappa shape index (κ3) is 19.7. The van der Waals surface area contributed by atoms with Gasteiger partial charge in [-0.3, -0.25) is 0 Å². The minimum Gasteiger partial charge on any atom is -0.350 e. The van der Waals surface area contributed by atoms with Gasteiger partial charge in [0.05, 0.1) is 0 Å². The van der Waals surface area contributed by atoms with Crippen LogP contribution in [0.25, 0.3) is 0 Å². The minimum absolute atomic E-state index is 0. The Kier molecular flexibility index (Phi) is 24.1. The van der Waals surface area contributed by atoms with E-state index in [1.807, 2.05) is 13.8 Å². The van der Waals surface area contributed by atoms with E-state index < -0.39 is 16.8 Å². The summed E-state index contributed by atoms with van der Waals surface area (Å²) in [4.78, 5) is 17.0. The first kappa shape index (κ1) is 19.8. The van der Waals surface area contributed by atoms with E-state index >= 15 is 0 Å². The quantitative estimate of drug-likeness (QED) is 0.610. The van der Waals surface area contributed by atoms with Gasteiger partial charge in [-0.25, -0.2) is 0 Å². The maximum atomic E-state index is 8.51. The summed E-state index contributed by atoms with van der Waals surface area (Å²) in [7, 11) is 0.866. The van der Waals surface area contributed by atoms with Crippen LogP contribution in [0.5, 0.6) is 0 Å². The minimum atomic E-state index is -1.08. The normalized spacial score (nSPS) is 13.4. The third-order valence-corrected chi connectivity index (χ3v) is 2.89. The smallest absolute Gasteiger partial charge is 0.167 e. The maximum Gasteiger partial charge on any atom is 0.167 e. The fraction of sp³-hybridized carbons (Fsp3) is 1.00. The van der Waals surface area contributed by atoms with Crippen LogP contribution in [0.3, 0.4) is 0 Å². The molecule has 0 rings (SSSR count). The Labute approximate surface area is 95.6 Å². The molecule has 0 radical (unpaired) electrons. The van der Waals surface area contributed by atoms with Gasteiger partial charge in [0.25, 0.3) is 0 Å². The van der Waals surface area contributed by atoms with Crippen LogP contribution < -0.4 is 0 Å². The van der Waals surface area contributed by atoms with E-state index in [0.29, 0.717) is 0 Å². The number of rotatable bonds is 4. The summed E-state index contributed by atoms with van der Waals surface area (Å²) in [6.45, 7) is 3.77. The predicted molar refractivity (Wildman–Crippen MR) is 53.4 cm³/mol. The summed E-state index contributed by atoms with van der Waals surface area (Å²) in [5, 5.41) is 0. The molecule has 13 heavy (non-hydrogen) atoms. The largest absolute Gasteiger partial charge is 0.350 e. The van der Waals surface area contributed by atoms with Crippen molar-refractivity contribution in [1.29, 1.82) is 0 Å². The zero-order valence-corrected chi connectivity index (χ0v) is 13.5. The summed E-state index contributed by atoms with van der Waals surface area (Å²) in [6.07, 6.45) is 1.46. The van der Waals surface area contributed by atoms with Crippen molar-refractivity contribution in [3.8, 4) is 0 Å². The van der Waals surface area contributed by atoms with Crippen molar-refractivity contribution in [2.24, 2.45) is 0 Å². The summed E-state index contributed by atoms with van der Waals surface area (Å²) >= 11 is 0. The van der Waals surface area contributed by atoms with Gasteiger partial charge < -0.3 is 18.8 Å². The molecule has 0 aromatic rings. The fourth-order valence-corrected chi connectivity index (χ4v) is 0.775. The third-order valence-electron chi connectivity index (χ3n) is 0.963. The Morgan fingerprint density at radius 3 is 1.15 bits per heavy atom. The van der Waals surface area contributed by atoms with Crippen molar-refractivity contribution in [2.45, 2.75) is 13.8 Å². The first-order valence-corrected chi connectivity index (χ1v) is 6.42. The zero-order valence-electron chi connectivity index (χ0n) is 8.73. The van der Waals surface area contributed by atoms with E-state index in [4.69, 9.17) is 9.79 Å². The Morgan fingerprint density at radius 2 is 1.15 bits per heavy atom. The summed E-state index contributed by atoms with van der Waals surface area (Å²) < 4.78 is 9.04. The van der Waals surface area contributed by atoms with E-state index in [2.05, 4.69) is 9.05 Å². The second-order valence-corrected chi connectivity index (χ2v) is 5.11. The number of hydrogen-bond donors (Lipinski definition) is 2. The maximum absolute atomic E-state index is 8.51. The molecule has 2 unspecified atom stereocenters. The second-order valence-electron chi connectivity index (χ2n) is 1.70. The summed E-state index contributed by atoms with van der Waals surface area (Å²) in [5.74, 6) is 0. The molecule has 0 bridgehead atoms. The second kappa shape index (κ2) is 15.8. The molecule has 0 saturated carbocycles. The van der Waals surface area contributed by atoms with Gasteiger partial charge in [-0.1, -0.05) is 13.8 Å². The van der Waals surface area contributed by atoms with E-state index in [0.717, 1.165) is 12.3 Å². The zero-order chi connectivity index (χ0) is 9.98. The molecule has 0 aromatic carbocycles. The van der Waals surface area contributed by atoms with Crippen molar-refractivity contribution >= 4 is 16.8 Å². The van der Waals surface area contributed by atoms with Crippen molar-refractivity contribution in [3.63, 3.8) is 0 Å². The first-order chi connectivity index (χ1) is 5.62. The van der Waals surface area contributed by atoms with Crippen molar-refractivity contribution in [3.05, 3.63) is 0 Å². The van der Waals surface area contributed by atoms with Crippen LogP contribution in [0, 0.1) is 0 Å². The monoisotopic (exact) mass is 280 g/mol. The Balaban J connectivity index is -0.000000143. The molecule has 0 fully saturated rings. The Morgan fingerprint density at radius 1 is 0.923 bits per heavy atom. The molecule has 0 heterocycles. The van der Waals surface area contributed by atoms with Crippen molar-refractivity contribution in [1.82, 2.24) is 0 Å². The fourth-order valence-electron chi connectivity index (χ4n) is 0.258. The van der Waals surface area contributed by atoms with Crippen LogP contribution in [0.4, 0.5) is 0 Å². The molecule has 0 aliphatic carbocycles. The van der Waals surface area contributed by atoms with Gasteiger partial charge in [-0.05, 0) is 0 Å². The molecule has 0 aliphatic rings. The average molecular weight is 282 g/mol. The molecule has 0 aliphatic heterocycles. The van der Waals surface area contributed by atoms with Crippen LogP contribution in [0.15, 0.2) is 0 Å². The number of hydrogen-bond acceptors (Lipinski definition) is 4. The van der Waals surface area contributed by atoms with E-state index in [1.54, 1.807) is 0 Å². The summed E-state index contributed by atoms with van der Waals surface area (Å²) in [6, 6.07) is 0. The van der Waals surface area contributed by atoms with E-state index in [9.17, 15) is 0 Å². The van der Waals surface area contributed by atoms with Gasteiger partial charge in [0.2, 0.25) is 0 Å². The molecule has 2 atom stereocenters. The van der Waals surface area contributed by atoms with Crippen LogP contribution in [0.1, 0.15) is 13.8 Å². The van der Waals surface area contributed by atoms with E-state index in [-0.39, 0.29) is 19.5 Å². The first-order valence-electron chi connectivity index (χ1n) is 3.63. The molecule has 0 spiro atoms. The molecule has 78 valence electrons. The molecular formula is C6H18O4P2Zn. The Bertz CT molecular complexity index is 71.0. The topological polar surface area (TPSA) is 58.9 Å². The predicted octanol–water partition coefficient (Wildman–Crippen LogP) is 1.91. The van der Waals surface area contributed by atoms with Crippen LogP contribution in [-0.2, 0) is 28.5 Å². The average Bonchev–Trinajstić information content (AvgIpc) is 2.16. The molecule has 4 nitrogen and oxygen atoms in total. The molecule has 2 N–H and O–H groups in total. The molecular weight excluding hydrogens is 263 g/mol. The van der Waals surface area contributed by atoms with Crippen molar-refractivity contribution in [2.75, 3.05) is 26.5 Å². The van der Waals surface area contributed by atoms with Crippen molar-refractivity contribution < 1.29 is 38.3 Å². The molecule has 7 heteroatoms. The van der Waals surface area contributed by atoms with Gasteiger partial charge in [0.15, 0.2) is 16.8 Å². The molecule has 0 amide bonds. The Hall–Kier alpha value is 1.32. The molecule has 0 aromatic heterocycles. The van der Waals surface area contributed by atoms with E-state index in [1.165, 1.54) is 14.2 Å². The van der Waals surface area contributed by atoms with Gasteiger partial charge in [0.1, 0.15) is 0 Å². The van der Waals surface area contributed by atoms with Gasteiger partial charge in [-0.15, -0.1) is 0 Å².